The number of rotatable bonds is 5. The van der Waals surface area contributed by atoms with E-state index in [4.69, 9.17) is 17.0 Å². The summed E-state index contributed by atoms with van der Waals surface area (Å²) >= 11 is 6.68. The summed E-state index contributed by atoms with van der Waals surface area (Å²) in [4.78, 5) is 27.4. The number of anilines is 1. The van der Waals surface area contributed by atoms with Crippen molar-refractivity contribution in [3.63, 3.8) is 0 Å². The second kappa shape index (κ2) is 7.77. The van der Waals surface area contributed by atoms with Gasteiger partial charge in [-0.05, 0) is 60.9 Å². The van der Waals surface area contributed by atoms with E-state index in [9.17, 15) is 9.59 Å². The van der Waals surface area contributed by atoms with Crippen LogP contribution in [-0.4, -0.2) is 34.2 Å². The van der Waals surface area contributed by atoms with Crippen LogP contribution >= 0.6 is 24.0 Å². The van der Waals surface area contributed by atoms with E-state index >= 15 is 0 Å². The highest BCUT2D eigenvalue weighted by Crippen LogP contribution is 2.40. The molecule has 1 N–H and O–H groups in total. The Balaban J connectivity index is 1.49. The van der Waals surface area contributed by atoms with Crippen LogP contribution in [0.15, 0.2) is 53.4 Å². The lowest BCUT2D eigenvalue weighted by Gasteiger charge is -2.12. The molecule has 2 aromatic carbocycles. The summed E-state index contributed by atoms with van der Waals surface area (Å²) in [7, 11) is 1.58. The quantitative estimate of drug-likeness (QED) is 0.588. The highest BCUT2D eigenvalue weighted by molar-refractivity contribution is 8.26. The molecule has 5 nitrogen and oxygen atoms in total. The molecule has 0 bridgehead atoms. The van der Waals surface area contributed by atoms with Gasteiger partial charge in [-0.15, -0.1) is 0 Å². The number of nitrogens with one attached hydrogen (secondary N) is 1. The molecular formula is C21H18N2O3S2. The number of thioether (sulfide) groups is 1. The average molecular weight is 411 g/mol. The van der Waals surface area contributed by atoms with Crippen molar-refractivity contribution in [2.24, 2.45) is 0 Å². The first-order valence-electron chi connectivity index (χ1n) is 8.87. The molecule has 2 amide bonds. The zero-order valence-electron chi connectivity index (χ0n) is 15.2. The number of carbonyl (C=O) groups is 2. The van der Waals surface area contributed by atoms with E-state index in [-0.39, 0.29) is 17.9 Å². The molecular weight excluding hydrogens is 392 g/mol. The number of carbonyl (C=O) groups excluding carboxylic acids is 2. The van der Waals surface area contributed by atoms with E-state index in [0.29, 0.717) is 26.2 Å². The number of benzene rings is 2. The molecule has 1 aliphatic heterocycles. The number of methoxy groups -OCH3 is 1. The third-order valence-corrected chi connectivity index (χ3v) is 5.86. The lowest BCUT2D eigenvalue weighted by atomic mass is 10.1. The first kappa shape index (κ1) is 18.7. The van der Waals surface area contributed by atoms with Gasteiger partial charge in [-0.3, -0.25) is 14.5 Å². The second-order valence-corrected chi connectivity index (χ2v) is 8.27. The molecule has 142 valence electrons. The van der Waals surface area contributed by atoms with Gasteiger partial charge in [-0.1, -0.05) is 36.1 Å². The Kier molecular flexibility index (Phi) is 5.19. The number of thiocarbonyl (C=S) groups is 1. The average Bonchev–Trinajstić information content (AvgIpc) is 3.48. The van der Waals surface area contributed by atoms with Gasteiger partial charge in [-0.25, -0.2) is 0 Å². The van der Waals surface area contributed by atoms with Gasteiger partial charge in [0.2, 0.25) is 0 Å². The molecule has 0 unspecified atom stereocenters. The van der Waals surface area contributed by atoms with Crippen LogP contribution in [0.1, 0.15) is 28.8 Å². The molecule has 1 saturated carbocycles. The molecule has 4 rings (SSSR count). The fourth-order valence-corrected chi connectivity index (χ4v) is 4.33. The predicted octanol–water partition coefficient (Wildman–Crippen LogP) is 4.31. The summed E-state index contributed by atoms with van der Waals surface area (Å²) in [5.41, 5.74) is 2.03. The molecule has 0 spiro atoms. The van der Waals surface area contributed by atoms with Crippen molar-refractivity contribution >= 4 is 51.9 Å². The zero-order chi connectivity index (χ0) is 19.7. The summed E-state index contributed by atoms with van der Waals surface area (Å²) in [6.07, 6.45) is 3.86. The monoisotopic (exact) mass is 410 g/mol. The Hall–Kier alpha value is -2.64. The van der Waals surface area contributed by atoms with E-state index in [0.717, 1.165) is 18.4 Å². The van der Waals surface area contributed by atoms with Crippen LogP contribution < -0.4 is 10.1 Å². The molecule has 2 aliphatic rings. The van der Waals surface area contributed by atoms with Crippen LogP contribution in [0.4, 0.5) is 5.69 Å². The summed E-state index contributed by atoms with van der Waals surface area (Å²) in [6.45, 7) is 0. The first-order chi connectivity index (χ1) is 13.5. The summed E-state index contributed by atoms with van der Waals surface area (Å²) in [6, 6.07) is 14.6. The minimum atomic E-state index is -0.208. The minimum Gasteiger partial charge on any atom is -0.497 e. The van der Waals surface area contributed by atoms with Gasteiger partial charge in [0, 0.05) is 17.3 Å². The third kappa shape index (κ3) is 3.95. The van der Waals surface area contributed by atoms with Crippen LogP contribution in [0.2, 0.25) is 0 Å². The van der Waals surface area contributed by atoms with E-state index in [1.165, 1.54) is 11.8 Å². The summed E-state index contributed by atoms with van der Waals surface area (Å²) in [5.74, 6) is 0.465. The molecule has 0 atom stereocenters. The third-order valence-electron chi connectivity index (χ3n) is 4.53. The number of amides is 2. The van der Waals surface area contributed by atoms with Crippen LogP contribution in [0.25, 0.3) is 6.08 Å². The van der Waals surface area contributed by atoms with Crippen molar-refractivity contribution < 1.29 is 14.3 Å². The van der Waals surface area contributed by atoms with Gasteiger partial charge in [0.15, 0.2) is 0 Å². The lowest BCUT2D eigenvalue weighted by molar-refractivity contribution is -0.122. The van der Waals surface area contributed by atoms with Crippen molar-refractivity contribution in [2.45, 2.75) is 18.9 Å². The molecule has 0 radical (unpaired) electrons. The van der Waals surface area contributed by atoms with Gasteiger partial charge in [0.25, 0.3) is 11.8 Å². The van der Waals surface area contributed by atoms with E-state index in [1.807, 2.05) is 30.3 Å². The number of ether oxygens (including phenoxy) is 1. The molecule has 0 aromatic heterocycles. The fraction of sp³-hybridized carbons (Fsp3) is 0.190. The Morgan fingerprint density at radius 3 is 2.68 bits per heavy atom. The Bertz CT molecular complexity index is 981. The molecule has 2 fully saturated rings. The normalized spacial score (nSPS) is 17.9. The molecule has 7 heteroatoms. The smallest absolute Gasteiger partial charge is 0.266 e. The minimum absolute atomic E-state index is 0.0230. The van der Waals surface area contributed by atoms with Crippen molar-refractivity contribution in [2.75, 3.05) is 12.4 Å². The molecule has 1 saturated heterocycles. The number of hydrogen-bond acceptors (Lipinski definition) is 5. The molecule has 1 heterocycles. The fourth-order valence-electron chi connectivity index (χ4n) is 2.93. The Morgan fingerprint density at radius 1 is 1.25 bits per heavy atom. The highest BCUT2D eigenvalue weighted by atomic mass is 32.2. The Labute approximate surface area is 172 Å². The largest absolute Gasteiger partial charge is 0.497 e. The maximum Gasteiger partial charge on any atom is 0.266 e. The Morgan fingerprint density at radius 2 is 2.00 bits per heavy atom. The predicted molar refractivity (Wildman–Crippen MR) is 115 cm³/mol. The van der Waals surface area contributed by atoms with Crippen molar-refractivity contribution in [3.8, 4) is 5.75 Å². The maximum absolute atomic E-state index is 12.6. The van der Waals surface area contributed by atoms with Gasteiger partial charge in [0.05, 0.1) is 12.0 Å². The van der Waals surface area contributed by atoms with Crippen LogP contribution in [-0.2, 0) is 4.79 Å². The van der Waals surface area contributed by atoms with Crippen molar-refractivity contribution in [1.29, 1.82) is 0 Å². The topological polar surface area (TPSA) is 58.6 Å². The van der Waals surface area contributed by atoms with Gasteiger partial charge < -0.3 is 10.1 Å². The molecule has 2 aromatic rings. The zero-order valence-corrected chi connectivity index (χ0v) is 16.8. The van der Waals surface area contributed by atoms with E-state index < -0.39 is 0 Å². The lowest BCUT2D eigenvalue weighted by Crippen LogP contribution is -2.30. The van der Waals surface area contributed by atoms with Gasteiger partial charge in [0.1, 0.15) is 10.1 Å². The van der Waals surface area contributed by atoms with Crippen molar-refractivity contribution in [1.82, 2.24) is 4.90 Å². The second-order valence-electron chi connectivity index (χ2n) is 6.59. The standard InChI is InChI=1S/C21H18N2O3S2/c1-26-17-9-5-14(6-10-17)19(24)22-15-4-2-3-13(11-15)12-18-20(25)23(16-7-8-16)21(27)28-18/h2-6,9-12,16H,7-8H2,1H3,(H,22,24)/b18-12-. The van der Waals surface area contributed by atoms with Crippen LogP contribution in [0, 0.1) is 0 Å². The van der Waals surface area contributed by atoms with Crippen LogP contribution in [0.3, 0.4) is 0 Å². The highest BCUT2D eigenvalue weighted by Gasteiger charge is 2.41. The molecule has 28 heavy (non-hydrogen) atoms. The van der Waals surface area contributed by atoms with E-state index in [2.05, 4.69) is 5.32 Å². The summed E-state index contributed by atoms with van der Waals surface area (Å²) < 4.78 is 5.74. The SMILES string of the molecule is COc1ccc(C(=O)Nc2cccc(/C=C3\SC(=S)N(C4CC4)C3=O)c2)cc1. The van der Waals surface area contributed by atoms with E-state index in [1.54, 1.807) is 36.3 Å². The summed E-state index contributed by atoms with van der Waals surface area (Å²) in [5, 5.41) is 2.88. The number of nitrogens with zero attached hydrogens (tertiary/aromatic N) is 1. The van der Waals surface area contributed by atoms with Gasteiger partial charge in [-0.2, -0.15) is 0 Å². The van der Waals surface area contributed by atoms with Crippen LogP contribution in [0.5, 0.6) is 5.75 Å². The first-order valence-corrected chi connectivity index (χ1v) is 10.1. The maximum atomic E-state index is 12.6. The number of hydrogen-bond donors (Lipinski definition) is 1. The molecule has 1 aliphatic carbocycles. The van der Waals surface area contributed by atoms with Gasteiger partial charge >= 0.3 is 0 Å². The van der Waals surface area contributed by atoms with Crippen molar-refractivity contribution in [3.05, 3.63) is 64.6 Å².